The van der Waals surface area contributed by atoms with E-state index in [-0.39, 0.29) is 0 Å². The predicted octanol–water partition coefficient (Wildman–Crippen LogP) is 6.73. The highest BCUT2D eigenvalue weighted by Gasteiger charge is 2.50. The van der Waals surface area contributed by atoms with E-state index < -0.39 is 8.56 Å². The molecule has 0 atom stereocenters. The molecule has 0 radical (unpaired) electrons. The molecule has 136 valence electrons. The lowest BCUT2D eigenvalue weighted by atomic mass is 9.96. The smallest absolute Gasteiger partial charge is 0.465 e. The van der Waals surface area contributed by atoms with Crippen LogP contribution in [0, 0.1) is 0 Å². The molecule has 3 rings (SSSR count). The predicted molar refractivity (Wildman–Crippen MR) is 107 cm³/mol. The van der Waals surface area contributed by atoms with Gasteiger partial charge in [-0.2, -0.15) is 0 Å². The van der Waals surface area contributed by atoms with E-state index in [0.717, 1.165) is 31.4 Å². The first-order valence-electron chi connectivity index (χ1n) is 9.88. The van der Waals surface area contributed by atoms with Crippen molar-refractivity contribution in [2.24, 2.45) is 0 Å². The van der Waals surface area contributed by atoms with Crippen LogP contribution in [-0.4, -0.2) is 8.56 Å². The van der Waals surface area contributed by atoms with Gasteiger partial charge >= 0.3 is 8.56 Å². The molecule has 0 heterocycles. The summed E-state index contributed by atoms with van der Waals surface area (Å²) in [6, 6.07) is 8.66. The summed E-state index contributed by atoms with van der Waals surface area (Å²) in [7, 11) is -2.43. The Kier molecular flexibility index (Phi) is 5.73. The highest BCUT2D eigenvalue weighted by atomic mass is 28.4. The molecule has 0 unspecified atom stereocenters. The number of fused-ring (bicyclic) bond motifs is 1. The van der Waals surface area contributed by atoms with Gasteiger partial charge in [-0.05, 0) is 49.8 Å². The molecule has 0 aromatic heterocycles. The Morgan fingerprint density at radius 1 is 0.840 bits per heavy atom. The number of rotatable bonds is 6. The average Bonchev–Trinajstić information content (AvgIpc) is 2.62. The van der Waals surface area contributed by atoms with Gasteiger partial charge in [-0.3, -0.25) is 0 Å². The Morgan fingerprint density at radius 3 is 2.28 bits per heavy atom. The summed E-state index contributed by atoms with van der Waals surface area (Å²) in [5.74, 6) is 2.22. The van der Waals surface area contributed by atoms with Gasteiger partial charge < -0.3 is 8.85 Å². The van der Waals surface area contributed by atoms with Gasteiger partial charge in [0.15, 0.2) is 0 Å². The third-order valence-electron chi connectivity index (χ3n) is 5.45. The normalized spacial score (nSPS) is 17.8. The van der Waals surface area contributed by atoms with Crippen LogP contribution in [0.4, 0.5) is 0 Å². The van der Waals surface area contributed by atoms with Crippen molar-refractivity contribution in [3.8, 4) is 0 Å². The molecule has 0 fully saturated rings. The molecule has 0 amide bonds. The average molecular weight is 357 g/mol. The largest absolute Gasteiger partial charge is 0.516 e. The van der Waals surface area contributed by atoms with Gasteiger partial charge in [0.05, 0.1) is 5.76 Å². The second-order valence-electron chi connectivity index (χ2n) is 7.92. The molecule has 25 heavy (non-hydrogen) atoms. The summed E-state index contributed by atoms with van der Waals surface area (Å²) >= 11 is 0. The van der Waals surface area contributed by atoms with E-state index in [1.165, 1.54) is 29.7 Å². The molecule has 0 N–H and O–H groups in total. The molecular formula is C22H32O2Si. The fourth-order valence-corrected chi connectivity index (χ4v) is 7.43. The van der Waals surface area contributed by atoms with E-state index >= 15 is 0 Å². The summed E-state index contributed by atoms with van der Waals surface area (Å²) < 4.78 is 13.6. The Balaban J connectivity index is 1.92. The van der Waals surface area contributed by atoms with Gasteiger partial charge in [-0.1, -0.05) is 52.0 Å². The van der Waals surface area contributed by atoms with Crippen LogP contribution < -0.4 is 0 Å². The fraction of sp³-hybridized carbons (Fsp3) is 0.545. The number of aryl methyl sites for hydroxylation is 1. The molecule has 3 heteroatoms. The van der Waals surface area contributed by atoms with Crippen LogP contribution in [0.15, 0.2) is 42.2 Å². The Hall–Kier alpha value is -1.48. The molecule has 0 spiro atoms. The molecule has 0 saturated heterocycles. The fourth-order valence-electron chi connectivity index (χ4n) is 3.98. The number of allylic oxidation sites excluding steroid dienone is 3. The minimum atomic E-state index is -2.43. The number of benzene rings is 1. The van der Waals surface area contributed by atoms with E-state index in [1.807, 2.05) is 0 Å². The first kappa shape index (κ1) is 18.3. The van der Waals surface area contributed by atoms with Gasteiger partial charge in [-0.25, -0.2) is 0 Å². The highest BCUT2D eigenvalue weighted by Crippen LogP contribution is 2.42. The minimum absolute atomic E-state index is 0.394. The first-order chi connectivity index (χ1) is 12.0. The first-order valence-corrected chi connectivity index (χ1v) is 11.9. The molecular weight excluding hydrogens is 324 g/mol. The van der Waals surface area contributed by atoms with Gasteiger partial charge in [0.1, 0.15) is 5.76 Å². The van der Waals surface area contributed by atoms with Crippen molar-refractivity contribution in [1.29, 1.82) is 0 Å². The maximum atomic E-state index is 6.87. The lowest BCUT2D eigenvalue weighted by molar-refractivity contribution is 0.253. The highest BCUT2D eigenvalue weighted by molar-refractivity contribution is 6.71. The summed E-state index contributed by atoms with van der Waals surface area (Å²) in [5.41, 5.74) is 3.44. The van der Waals surface area contributed by atoms with E-state index in [4.69, 9.17) is 8.85 Å². The van der Waals surface area contributed by atoms with Crippen molar-refractivity contribution < 1.29 is 8.85 Å². The van der Waals surface area contributed by atoms with E-state index in [2.05, 4.69) is 64.1 Å². The zero-order valence-electron chi connectivity index (χ0n) is 16.2. The summed E-state index contributed by atoms with van der Waals surface area (Å²) in [5, 5.41) is 0. The molecule has 0 aliphatic heterocycles. The van der Waals surface area contributed by atoms with Crippen LogP contribution in [-0.2, 0) is 15.3 Å². The topological polar surface area (TPSA) is 18.5 Å². The summed E-state index contributed by atoms with van der Waals surface area (Å²) in [4.78, 5) is 0. The zero-order chi connectivity index (χ0) is 17.9. The van der Waals surface area contributed by atoms with E-state index in [9.17, 15) is 0 Å². The molecule has 2 aliphatic rings. The summed E-state index contributed by atoms with van der Waals surface area (Å²) in [6.07, 6.45) is 11.4. The molecule has 1 aromatic carbocycles. The quantitative estimate of drug-likeness (QED) is 0.526. The lowest BCUT2D eigenvalue weighted by Gasteiger charge is -2.40. The van der Waals surface area contributed by atoms with Crippen LogP contribution >= 0.6 is 0 Å². The Bertz CT molecular complexity index is 650. The van der Waals surface area contributed by atoms with Gasteiger partial charge in [-0.15, -0.1) is 0 Å². The SMILES string of the molecule is CC(C)[Si](OC1=CCCCC1)(OC1=CCCc2ccccc21)C(C)C. The van der Waals surface area contributed by atoms with Crippen LogP contribution in [0.2, 0.25) is 11.1 Å². The standard InChI is InChI=1S/C22H32O2Si/c1-17(2)25(18(3)4,23-20-13-6-5-7-14-20)24-22-16-10-12-19-11-8-9-15-21(19)22/h8-9,11,13,15-18H,5-7,10,12,14H2,1-4H3. The van der Waals surface area contributed by atoms with Crippen LogP contribution in [0.25, 0.3) is 5.76 Å². The zero-order valence-corrected chi connectivity index (χ0v) is 17.2. The van der Waals surface area contributed by atoms with Crippen molar-refractivity contribution in [1.82, 2.24) is 0 Å². The van der Waals surface area contributed by atoms with Gasteiger partial charge in [0.2, 0.25) is 0 Å². The van der Waals surface area contributed by atoms with Crippen molar-refractivity contribution >= 4 is 14.3 Å². The second-order valence-corrected chi connectivity index (χ2v) is 12.1. The third-order valence-corrected chi connectivity index (χ3v) is 9.78. The van der Waals surface area contributed by atoms with Crippen LogP contribution in [0.1, 0.15) is 70.9 Å². The molecule has 1 aromatic rings. The van der Waals surface area contributed by atoms with E-state index in [1.54, 1.807) is 0 Å². The van der Waals surface area contributed by atoms with Crippen LogP contribution in [0.3, 0.4) is 0 Å². The van der Waals surface area contributed by atoms with Gasteiger partial charge in [0, 0.05) is 23.1 Å². The monoisotopic (exact) mass is 356 g/mol. The Labute approximate surface area is 154 Å². The Morgan fingerprint density at radius 2 is 1.60 bits per heavy atom. The van der Waals surface area contributed by atoms with Crippen LogP contribution in [0.5, 0.6) is 0 Å². The van der Waals surface area contributed by atoms with Crippen molar-refractivity contribution in [2.45, 2.75) is 77.3 Å². The number of hydrogen-bond donors (Lipinski definition) is 0. The molecule has 2 aliphatic carbocycles. The minimum Gasteiger partial charge on any atom is -0.516 e. The number of hydrogen-bond acceptors (Lipinski definition) is 2. The third kappa shape index (κ3) is 3.87. The molecule has 2 nitrogen and oxygen atoms in total. The van der Waals surface area contributed by atoms with E-state index in [0.29, 0.717) is 11.1 Å². The maximum Gasteiger partial charge on any atom is 0.465 e. The van der Waals surface area contributed by atoms with Crippen molar-refractivity contribution in [3.05, 3.63) is 53.3 Å². The molecule has 0 saturated carbocycles. The van der Waals surface area contributed by atoms with Gasteiger partial charge in [0.25, 0.3) is 0 Å². The lowest BCUT2D eigenvalue weighted by Crippen LogP contribution is -2.47. The molecule has 0 bridgehead atoms. The van der Waals surface area contributed by atoms with Crippen molar-refractivity contribution in [2.75, 3.05) is 0 Å². The second kappa shape index (κ2) is 7.82. The summed E-state index contributed by atoms with van der Waals surface area (Å²) in [6.45, 7) is 9.07. The van der Waals surface area contributed by atoms with Crippen molar-refractivity contribution in [3.63, 3.8) is 0 Å². The maximum absolute atomic E-state index is 6.87.